The topological polar surface area (TPSA) is 84.0 Å². The number of aryl methyl sites for hydroxylation is 1. The van der Waals surface area contributed by atoms with E-state index in [9.17, 15) is 9.59 Å². The largest absolute Gasteiger partial charge is 0.340 e. The summed E-state index contributed by atoms with van der Waals surface area (Å²) < 4.78 is 0.673. The Morgan fingerprint density at radius 2 is 1.83 bits per heavy atom. The van der Waals surface area contributed by atoms with Gasteiger partial charge in [0.15, 0.2) is 0 Å². The Morgan fingerprint density at radius 1 is 1.07 bits per heavy atom. The number of rotatable bonds is 6. The first-order valence-electron chi connectivity index (χ1n) is 9.12. The van der Waals surface area contributed by atoms with Crippen molar-refractivity contribution in [3.63, 3.8) is 0 Å². The molecule has 0 aliphatic rings. The third-order valence-corrected chi connectivity index (χ3v) is 5.85. The molecule has 1 atom stereocenters. The van der Waals surface area contributed by atoms with Crippen molar-refractivity contribution in [2.24, 2.45) is 5.92 Å². The standard InChI is InChI=1S/C21H21BrN4O2S/c1-12(2)17(23-18(27)15-9-4-5-10-16(15)22)19(28)24-21-26-25-20(29-21)14-8-6-7-13(3)11-14/h4-12,17H,1-3H3,(H,23,27)(H,24,26,28). The van der Waals surface area contributed by atoms with E-state index >= 15 is 0 Å². The molecule has 8 heteroatoms. The van der Waals surface area contributed by atoms with E-state index in [0.717, 1.165) is 16.1 Å². The third kappa shape index (κ3) is 5.27. The van der Waals surface area contributed by atoms with Crippen molar-refractivity contribution in [3.05, 3.63) is 64.1 Å². The van der Waals surface area contributed by atoms with Crippen LogP contribution in [0.4, 0.5) is 5.13 Å². The average Bonchev–Trinajstić information content (AvgIpc) is 3.14. The molecule has 1 heterocycles. The maximum absolute atomic E-state index is 12.8. The smallest absolute Gasteiger partial charge is 0.253 e. The van der Waals surface area contributed by atoms with Crippen molar-refractivity contribution in [2.75, 3.05) is 5.32 Å². The second-order valence-corrected chi connectivity index (χ2v) is 8.78. The quantitative estimate of drug-likeness (QED) is 0.545. The molecule has 2 N–H and O–H groups in total. The minimum atomic E-state index is -0.707. The van der Waals surface area contributed by atoms with Crippen molar-refractivity contribution in [1.29, 1.82) is 0 Å². The van der Waals surface area contributed by atoms with Gasteiger partial charge in [-0.3, -0.25) is 14.9 Å². The van der Waals surface area contributed by atoms with E-state index in [0.29, 0.717) is 15.2 Å². The maximum Gasteiger partial charge on any atom is 0.253 e. The molecular weight excluding hydrogens is 452 g/mol. The molecule has 0 bridgehead atoms. The first-order valence-corrected chi connectivity index (χ1v) is 10.7. The molecular formula is C21H21BrN4O2S. The van der Waals surface area contributed by atoms with Gasteiger partial charge in [-0.1, -0.05) is 61.1 Å². The molecule has 0 saturated carbocycles. The lowest BCUT2D eigenvalue weighted by Gasteiger charge is -2.21. The molecule has 0 saturated heterocycles. The summed E-state index contributed by atoms with van der Waals surface area (Å²) in [5.74, 6) is -0.748. The minimum absolute atomic E-state index is 0.106. The highest BCUT2D eigenvalue weighted by Crippen LogP contribution is 2.27. The van der Waals surface area contributed by atoms with E-state index in [1.165, 1.54) is 11.3 Å². The van der Waals surface area contributed by atoms with Crippen molar-refractivity contribution in [2.45, 2.75) is 26.8 Å². The van der Waals surface area contributed by atoms with E-state index in [1.54, 1.807) is 18.2 Å². The summed E-state index contributed by atoms with van der Waals surface area (Å²) in [7, 11) is 0. The molecule has 0 aliphatic heterocycles. The van der Waals surface area contributed by atoms with Crippen LogP contribution >= 0.6 is 27.3 Å². The molecule has 3 rings (SSSR count). The van der Waals surface area contributed by atoms with Gasteiger partial charge in [-0.25, -0.2) is 0 Å². The van der Waals surface area contributed by atoms with Gasteiger partial charge in [-0.15, -0.1) is 10.2 Å². The zero-order chi connectivity index (χ0) is 21.0. The Bertz CT molecular complexity index is 1030. The molecule has 0 spiro atoms. The van der Waals surface area contributed by atoms with Crippen LogP contribution in [-0.4, -0.2) is 28.1 Å². The van der Waals surface area contributed by atoms with Gasteiger partial charge in [0.2, 0.25) is 11.0 Å². The summed E-state index contributed by atoms with van der Waals surface area (Å²) in [6.45, 7) is 5.76. The third-order valence-electron chi connectivity index (χ3n) is 4.27. The summed E-state index contributed by atoms with van der Waals surface area (Å²) in [6, 6.07) is 14.3. The first-order chi connectivity index (χ1) is 13.8. The number of amides is 2. The normalized spacial score (nSPS) is 11.9. The summed E-state index contributed by atoms with van der Waals surface area (Å²) in [6.07, 6.45) is 0. The van der Waals surface area contributed by atoms with Gasteiger partial charge in [-0.05, 0) is 47.0 Å². The van der Waals surface area contributed by atoms with E-state index in [2.05, 4.69) is 36.8 Å². The number of anilines is 1. The summed E-state index contributed by atoms with van der Waals surface area (Å²) in [5, 5.41) is 15.0. The number of halogens is 1. The average molecular weight is 473 g/mol. The molecule has 2 amide bonds. The number of hydrogen-bond acceptors (Lipinski definition) is 5. The van der Waals surface area contributed by atoms with Crippen LogP contribution in [0.1, 0.15) is 29.8 Å². The van der Waals surface area contributed by atoms with Crippen molar-refractivity contribution in [3.8, 4) is 10.6 Å². The predicted molar refractivity (Wildman–Crippen MR) is 119 cm³/mol. The van der Waals surface area contributed by atoms with Crippen LogP contribution in [0.2, 0.25) is 0 Å². The molecule has 1 aromatic heterocycles. The van der Waals surface area contributed by atoms with E-state index < -0.39 is 6.04 Å². The summed E-state index contributed by atoms with van der Waals surface area (Å²) in [4.78, 5) is 25.4. The molecule has 3 aromatic rings. The van der Waals surface area contributed by atoms with Gasteiger partial charge >= 0.3 is 0 Å². The number of carbonyl (C=O) groups is 2. The Morgan fingerprint density at radius 3 is 2.52 bits per heavy atom. The Kier molecular flexibility index (Phi) is 6.76. The van der Waals surface area contributed by atoms with Crippen LogP contribution in [0.15, 0.2) is 53.0 Å². The van der Waals surface area contributed by atoms with Crippen LogP contribution < -0.4 is 10.6 Å². The number of hydrogen-bond donors (Lipinski definition) is 2. The molecule has 29 heavy (non-hydrogen) atoms. The number of aromatic nitrogens is 2. The Labute approximate surface area is 181 Å². The molecule has 0 fully saturated rings. The fraction of sp³-hybridized carbons (Fsp3) is 0.238. The second-order valence-electron chi connectivity index (χ2n) is 6.95. The van der Waals surface area contributed by atoms with Crippen LogP contribution in [0.25, 0.3) is 10.6 Å². The van der Waals surface area contributed by atoms with Gasteiger partial charge in [0.1, 0.15) is 11.0 Å². The maximum atomic E-state index is 12.8. The number of nitrogens with one attached hydrogen (secondary N) is 2. The van der Waals surface area contributed by atoms with E-state index in [-0.39, 0.29) is 17.7 Å². The van der Waals surface area contributed by atoms with Gasteiger partial charge in [0.25, 0.3) is 5.91 Å². The number of nitrogens with zero attached hydrogens (tertiary/aromatic N) is 2. The second kappa shape index (κ2) is 9.28. The summed E-state index contributed by atoms with van der Waals surface area (Å²) >= 11 is 4.66. The first kappa shape index (κ1) is 21.1. The molecule has 0 radical (unpaired) electrons. The van der Waals surface area contributed by atoms with E-state index in [4.69, 9.17) is 0 Å². The summed E-state index contributed by atoms with van der Waals surface area (Å²) in [5.41, 5.74) is 2.55. The van der Waals surface area contributed by atoms with Crippen LogP contribution in [0, 0.1) is 12.8 Å². The molecule has 150 valence electrons. The molecule has 6 nitrogen and oxygen atoms in total. The van der Waals surface area contributed by atoms with Crippen molar-refractivity contribution < 1.29 is 9.59 Å². The lowest BCUT2D eigenvalue weighted by atomic mass is 10.0. The zero-order valence-corrected chi connectivity index (χ0v) is 18.7. The van der Waals surface area contributed by atoms with E-state index in [1.807, 2.05) is 51.1 Å². The number of carbonyl (C=O) groups excluding carboxylic acids is 2. The Balaban J connectivity index is 1.72. The van der Waals surface area contributed by atoms with Gasteiger partial charge in [0.05, 0.1) is 5.56 Å². The number of benzene rings is 2. The Hall–Kier alpha value is -2.58. The van der Waals surface area contributed by atoms with Crippen molar-refractivity contribution in [1.82, 2.24) is 15.5 Å². The highest BCUT2D eigenvalue weighted by Gasteiger charge is 2.26. The highest BCUT2D eigenvalue weighted by molar-refractivity contribution is 9.10. The van der Waals surface area contributed by atoms with Crippen LogP contribution in [-0.2, 0) is 4.79 Å². The molecule has 2 aromatic carbocycles. The molecule has 0 aliphatic carbocycles. The van der Waals surface area contributed by atoms with Gasteiger partial charge in [-0.2, -0.15) is 0 Å². The fourth-order valence-electron chi connectivity index (χ4n) is 2.75. The highest BCUT2D eigenvalue weighted by atomic mass is 79.9. The van der Waals surface area contributed by atoms with Crippen molar-refractivity contribution >= 4 is 44.2 Å². The predicted octanol–water partition coefficient (Wildman–Crippen LogP) is 4.67. The monoisotopic (exact) mass is 472 g/mol. The zero-order valence-electron chi connectivity index (χ0n) is 16.3. The van der Waals surface area contributed by atoms with Gasteiger partial charge in [0, 0.05) is 10.0 Å². The van der Waals surface area contributed by atoms with Crippen LogP contribution in [0.3, 0.4) is 0 Å². The lowest BCUT2D eigenvalue weighted by molar-refractivity contribution is -0.118. The SMILES string of the molecule is Cc1cccc(-c2nnc(NC(=O)C(NC(=O)c3ccccc3Br)C(C)C)s2)c1. The lowest BCUT2D eigenvalue weighted by Crippen LogP contribution is -2.47. The fourth-order valence-corrected chi connectivity index (χ4v) is 3.96. The molecule has 1 unspecified atom stereocenters. The minimum Gasteiger partial charge on any atom is -0.340 e. The van der Waals surface area contributed by atoms with Gasteiger partial charge < -0.3 is 5.32 Å². The van der Waals surface area contributed by atoms with Crippen LogP contribution in [0.5, 0.6) is 0 Å².